The topological polar surface area (TPSA) is 99.1 Å². The molecule has 2 aliphatic rings. The fraction of sp³-hybridized carbons (Fsp3) is 0.385. The van der Waals surface area contributed by atoms with E-state index in [9.17, 15) is 24.2 Å². The second-order valence-corrected chi connectivity index (χ2v) is 8.54. The van der Waals surface area contributed by atoms with Crippen molar-refractivity contribution in [1.29, 1.82) is 0 Å². The van der Waals surface area contributed by atoms with Gasteiger partial charge in [-0.15, -0.1) is 0 Å². The Bertz CT molecular complexity index is 1090. The number of amides is 2. The van der Waals surface area contributed by atoms with E-state index in [1.807, 2.05) is 25.1 Å². The number of aliphatic hydroxyl groups excluding tert-OH is 2. The lowest BCUT2D eigenvalue weighted by Crippen LogP contribution is -2.55. The molecule has 2 aromatic rings. The Labute approximate surface area is 197 Å². The lowest BCUT2D eigenvalue weighted by Gasteiger charge is -2.40. The summed E-state index contributed by atoms with van der Waals surface area (Å²) in [6, 6.07) is 12.6. The molecule has 34 heavy (non-hydrogen) atoms. The normalized spacial score (nSPS) is 22.8. The van der Waals surface area contributed by atoms with E-state index < -0.39 is 35.9 Å². The first-order valence-electron chi connectivity index (χ1n) is 11.5. The van der Waals surface area contributed by atoms with Crippen molar-refractivity contribution in [2.45, 2.75) is 50.5 Å². The van der Waals surface area contributed by atoms with Crippen LogP contribution in [0, 0.1) is 5.82 Å². The van der Waals surface area contributed by atoms with Crippen LogP contribution in [0.3, 0.4) is 0 Å². The minimum Gasteiger partial charge on any atom is -0.486 e. The number of rotatable bonds is 8. The fourth-order valence-corrected chi connectivity index (χ4v) is 4.72. The number of benzene rings is 2. The molecule has 0 saturated heterocycles. The van der Waals surface area contributed by atoms with E-state index in [1.54, 1.807) is 30.3 Å². The number of ether oxygens (including phenoxy) is 1. The van der Waals surface area contributed by atoms with E-state index in [0.717, 1.165) is 5.56 Å². The molecule has 2 amide bonds. The summed E-state index contributed by atoms with van der Waals surface area (Å²) in [5, 5.41) is 23.2. The zero-order valence-corrected chi connectivity index (χ0v) is 19.0. The van der Waals surface area contributed by atoms with Crippen LogP contribution in [0.2, 0.25) is 0 Å². The zero-order chi connectivity index (χ0) is 24.2. The van der Waals surface area contributed by atoms with Gasteiger partial charge >= 0.3 is 0 Å². The molecule has 180 valence electrons. The van der Waals surface area contributed by atoms with Crippen LogP contribution in [0.1, 0.15) is 36.8 Å². The van der Waals surface area contributed by atoms with Gasteiger partial charge in [-0.05, 0) is 24.6 Å². The molecule has 0 bridgehead atoms. The molecule has 7 nitrogen and oxygen atoms in total. The molecule has 4 atom stereocenters. The number of nitrogens with zero attached hydrogens (tertiary/aromatic N) is 1. The van der Waals surface area contributed by atoms with Gasteiger partial charge in [-0.1, -0.05) is 43.3 Å². The van der Waals surface area contributed by atoms with Crippen molar-refractivity contribution in [3.05, 3.63) is 77.1 Å². The molecule has 0 saturated carbocycles. The van der Waals surface area contributed by atoms with Crippen LogP contribution in [0.15, 0.2) is 60.2 Å². The number of carbonyl (C=O) groups excluding carboxylic acids is 2. The van der Waals surface area contributed by atoms with Crippen LogP contribution in [0.4, 0.5) is 4.39 Å². The monoisotopic (exact) mass is 468 g/mol. The van der Waals surface area contributed by atoms with Gasteiger partial charge < -0.3 is 25.2 Å². The maximum absolute atomic E-state index is 14.5. The molecule has 1 aliphatic heterocycles. The van der Waals surface area contributed by atoms with Crippen molar-refractivity contribution in [2.24, 2.45) is 0 Å². The quantitative estimate of drug-likeness (QED) is 0.552. The van der Waals surface area contributed by atoms with Gasteiger partial charge in [-0.25, -0.2) is 4.39 Å². The van der Waals surface area contributed by atoms with Gasteiger partial charge in [0, 0.05) is 36.2 Å². The number of hydrogen-bond donors (Lipinski definition) is 3. The average Bonchev–Trinajstić information content (AvgIpc) is 3.23. The Kier molecular flexibility index (Phi) is 7.29. The molecule has 1 aliphatic carbocycles. The summed E-state index contributed by atoms with van der Waals surface area (Å²) >= 11 is 0. The lowest BCUT2D eigenvalue weighted by atomic mass is 9.77. The largest absolute Gasteiger partial charge is 0.486 e. The summed E-state index contributed by atoms with van der Waals surface area (Å²) in [5.74, 6) is -1.07. The summed E-state index contributed by atoms with van der Waals surface area (Å²) in [6.45, 7) is 1.66. The van der Waals surface area contributed by atoms with Gasteiger partial charge in [0.1, 0.15) is 23.8 Å². The third kappa shape index (κ3) is 4.56. The third-order valence-electron chi connectivity index (χ3n) is 6.32. The molecule has 0 aromatic heterocycles. The van der Waals surface area contributed by atoms with Crippen LogP contribution < -0.4 is 10.1 Å². The SMILES string of the molecule is CCCC(=O)N(Cc1ccccc1F)C1C=C(C(=O)NCCO)C2c3ccccc3OC2C1O. The summed E-state index contributed by atoms with van der Waals surface area (Å²) in [4.78, 5) is 27.7. The predicted molar refractivity (Wildman–Crippen MR) is 123 cm³/mol. The Morgan fingerprint density at radius 2 is 1.88 bits per heavy atom. The van der Waals surface area contributed by atoms with Gasteiger partial charge in [-0.3, -0.25) is 9.59 Å². The molecule has 0 radical (unpaired) electrons. The molecule has 1 heterocycles. The highest BCUT2D eigenvalue weighted by atomic mass is 19.1. The maximum Gasteiger partial charge on any atom is 0.247 e. The molecule has 8 heteroatoms. The van der Waals surface area contributed by atoms with E-state index in [4.69, 9.17) is 4.74 Å². The van der Waals surface area contributed by atoms with E-state index in [0.29, 0.717) is 23.3 Å². The molecule has 0 fully saturated rings. The van der Waals surface area contributed by atoms with Gasteiger partial charge in [-0.2, -0.15) is 0 Å². The van der Waals surface area contributed by atoms with Crippen molar-refractivity contribution >= 4 is 11.8 Å². The van der Waals surface area contributed by atoms with Crippen molar-refractivity contribution in [1.82, 2.24) is 10.2 Å². The van der Waals surface area contributed by atoms with Crippen molar-refractivity contribution < 1.29 is 28.9 Å². The number of aliphatic hydroxyl groups is 2. The molecule has 4 rings (SSSR count). The first-order chi connectivity index (χ1) is 16.5. The Hall–Kier alpha value is -3.23. The van der Waals surface area contributed by atoms with Crippen LogP contribution >= 0.6 is 0 Å². The molecular weight excluding hydrogens is 439 g/mol. The minimum absolute atomic E-state index is 0.0559. The Balaban J connectivity index is 1.76. The second kappa shape index (κ2) is 10.4. The Morgan fingerprint density at radius 1 is 1.15 bits per heavy atom. The lowest BCUT2D eigenvalue weighted by molar-refractivity contribution is -0.138. The van der Waals surface area contributed by atoms with E-state index >= 15 is 0 Å². The number of nitrogens with one attached hydrogen (secondary N) is 1. The highest BCUT2D eigenvalue weighted by Gasteiger charge is 2.50. The molecular formula is C26H29FN2O5. The zero-order valence-electron chi connectivity index (χ0n) is 19.0. The van der Waals surface area contributed by atoms with Gasteiger partial charge in [0.2, 0.25) is 11.8 Å². The summed E-state index contributed by atoms with van der Waals surface area (Å²) in [5.41, 5.74) is 1.44. The van der Waals surface area contributed by atoms with Crippen LogP contribution in [-0.2, 0) is 16.1 Å². The van der Waals surface area contributed by atoms with E-state index in [-0.39, 0.29) is 32.0 Å². The van der Waals surface area contributed by atoms with Crippen LogP contribution in [0.25, 0.3) is 0 Å². The molecule has 2 aromatic carbocycles. The van der Waals surface area contributed by atoms with Crippen LogP contribution in [-0.4, -0.2) is 58.3 Å². The van der Waals surface area contributed by atoms with Gasteiger partial charge in [0.05, 0.1) is 18.6 Å². The van der Waals surface area contributed by atoms with E-state index in [2.05, 4.69) is 5.32 Å². The Morgan fingerprint density at radius 3 is 2.62 bits per heavy atom. The maximum atomic E-state index is 14.5. The average molecular weight is 469 g/mol. The molecule has 0 spiro atoms. The molecule has 4 unspecified atom stereocenters. The minimum atomic E-state index is -1.14. The predicted octanol–water partition coefficient (Wildman–Crippen LogP) is 2.28. The van der Waals surface area contributed by atoms with Gasteiger partial charge in [0.25, 0.3) is 0 Å². The first kappa shape index (κ1) is 23.9. The second-order valence-electron chi connectivity index (χ2n) is 8.54. The van der Waals surface area contributed by atoms with E-state index in [1.165, 1.54) is 11.0 Å². The third-order valence-corrected chi connectivity index (χ3v) is 6.32. The first-order valence-corrected chi connectivity index (χ1v) is 11.5. The fourth-order valence-electron chi connectivity index (χ4n) is 4.72. The van der Waals surface area contributed by atoms with Crippen molar-refractivity contribution in [3.8, 4) is 5.75 Å². The van der Waals surface area contributed by atoms with Crippen molar-refractivity contribution in [2.75, 3.05) is 13.2 Å². The number of hydrogen-bond acceptors (Lipinski definition) is 5. The summed E-state index contributed by atoms with van der Waals surface area (Å²) in [7, 11) is 0. The summed E-state index contributed by atoms with van der Waals surface area (Å²) in [6.07, 6.45) is 0.460. The highest BCUT2D eigenvalue weighted by molar-refractivity contribution is 5.96. The van der Waals surface area contributed by atoms with Crippen molar-refractivity contribution in [3.63, 3.8) is 0 Å². The number of carbonyl (C=O) groups is 2. The highest BCUT2D eigenvalue weighted by Crippen LogP contribution is 2.47. The summed E-state index contributed by atoms with van der Waals surface area (Å²) < 4.78 is 20.5. The number of fused-ring (bicyclic) bond motifs is 3. The standard InChI is InChI=1S/C26H29FN2O5/c1-2-7-22(31)29(15-16-8-3-5-10-19(16)27)20-14-18(26(33)28-12-13-30)23-17-9-4-6-11-21(17)34-25(23)24(20)32/h3-6,8-11,14,20,23-25,30,32H,2,7,12-13,15H2,1H3,(H,28,33). The van der Waals surface area contributed by atoms with Gasteiger partial charge in [0.15, 0.2) is 0 Å². The number of para-hydroxylation sites is 1. The smallest absolute Gasteiger partial charge is 0.247 e. The number of halogens is 1. The molecule has 3 N–H and O–H groups in total. The van der Waals surface area contributed by atoms with Crippen LogP contribution in [0.5, 0.6) is 5.75 Å².